The van der Waals surface area contributed by atoms with Crippen molar-refractivity contribution >= 4 is 0 Å². The van der Waals surface area contributed by atoms with Crippen molar-refractivity contribution in [3.63, 3.8) is 0 Å². The lowest BCUT2D eigenvalue weighted by molar-refractivity contribution is -0.0682. The third-order valence-electron chi connectivity index (χ3n) is 4.57. The molecular formula is C14H29N. The molecule has 1 N–H and O–H groups in total. The summed E-state index contributed by atoms with van der Waals surface area (Å²) >= 11 is 0. The number of hydrogen-bond donors (Lipinski definition) is 1. The zero-order valence-corrected chi connectivity index (χ0v) is 11.7. The molecule has 0 aromatic rings. The Kier molecular flexibility index (Phi) is 3.27. The van der Waals surface area contributed by atoms with Gasteiger partial charge >= 0.3 is 0 Å². The summed E-state index contributed by atoms with van der Waals surface area (Å²) < 4.78 is 0. The Morgan fingerprint density at radius 3 is 1.73 bits per heavy atom. The van der Waals surface area contributed by atoms with Crippen molar-refractivity contribution in [1.29, 1.82) is 0 Å². The summed E-state index contributed by atoms with van der Waals surface area (Å²) in [6.07, 6.45) is 2.62. The smallest absolute Gasteiger partial charge is 0.00444 e. The van der Waals surface area contributed by atoms with Crippen molar-refractivity contribution in [1.82, 2.24) is 5.32 Å². The van der Waals surface area contributed by atoms with Gasteiger partial charge in [0.05, 0.1) is 0 Å². The van der Waals surface area contributed by atoms with Gasteiger partial charge in [0.2, 0.25) is 0 Å². The fourth-order valence-corrected chi connectivity index (χ4v) is 3.72. The molecule has 0 aliphatic carbocycles. The summed E-state index contributed by atoms with van der Waals surface area (Å²) in [5, 5.41) is 3.58. The molecule has 0 spiro atoms. The second-order valence-electron chi connectivity index (χ2n) is 7.39. The Morgan fingerprint density at radius 1 is 1.00 bits per heavy atom. The van der Waals surface area contributed by atoms with Gasteiger partial charge in [0.25, 0.3) is 0 Å². The molecule has 0 aromatic heterocycles. The number of piperidine rings is 1. The lowest BCUT2D eigenvalue weighted by Crippen LogP contribution is -2.55. The largest absolute Gasteiger partial charge is 0.314 e. The molecule has 1 heteroatoms. The van der Waals surface area contributed by atoms with Gasteiger partial charge in [-0.1, -0.05) is 41.5 Å². The van der Waals surface area contributed by atoms with Gasteiger partial charge < -0.3 is 5.32 Å². The molecule has 1 aliphatic rings. The summed E-state index contributed by atoms with van der Waals surface area (Å²) in [7, 11) is 0. The zero-order valence-electron chi connectivity index (χ0n) is 11.7. The molecule has 1 heterocycles. The van der Waals surface area contributed by atoms with Crippen molar-refractivity contribution in [2.75, 3.05) is 6.54 Å². The normalized spacial score (nSPS) is 27.8. The Morgan fingerprint density at radius 2 is 1.47 bits per heavy atom. The fourth-order valence-electron chi connectivity index (χ4n) is 3.72. The van der Waals surface area contributed by atoms with E-state index in [9.17, 15) is 0 Å². The van der Waals surface area contributed by atoms with Crippen LogP contribution in [0.1, 0.15) is 61.3 Å². The average molecular weight is 211 g/mol. The molecule has 0 saturated carbocycles. The predicted molar refractivity (Wildman–Crippen MR) is 68.0 cm³/mol. The summed E-state index contributed by atoms with van der Waals surface area (Å²) in [6, 6.07) is 0.664. The molecule has 1 nitrogen and oxygen atoms in total. The molecule has 1 aliphatic heterocycles. The van der Waals surface area contributed by atoms with Crippen LogP contribution in [0.2, 0.25) is 0 Å². The van der Waals surface area contributed by atoms with Gasteiger partial charge in [0, 0.05) is 6.04 Å². The Hall–Kier alpha value is -0.0400. The van der Waals surface area contributed by atoms with Gasteiger partial charge in [0.15, 0.2) is 0 Å². The predicted octanol–water partition coefficient (Wildman–Crippen LogP) is 3.84. The molecule has 0 bridgehead atoms. The van der Waals surface area contributed by atoms with Crippen LogP contribution in [-0.2, 0) is 0 Å². The first-order chi connectivity index (χ1) is 6.60. The van der Waals surface area contributed by atoms with E-state index in [-0.39, 0.29) is 0 Å². The van der Waals surface area contributed by atoms with E-state index >= 15 is 0 Å². The standard InChI is InChI=1S/C14H29N/c1-11-10-14(8-9-15-11,12(2,3)4)13(5,6)7/h11,15H,8-10H2,1-7H3. The highest BCUT2D eigenvalue weighted by molar-refractivity contribution is 5.02. The van der Waals surface area contributed by atoms with Crippen molar-refractivity contribution in [2.24, 2.45) is 16.2 Å². The number of hydrogen-bond acceptors (Lipinski definition) is 1. The first kappa shape index (κ1) is 13.0. The van der Waals surface area contributed by atoms with Crippen molar-refractivity contribution in [2.45, 2.75) is 67.3 Å². The van der Waals surface area contributed by atoms with Crippen molar-refractivity contribution in [3.05, 3.63) is 0 Å². The lowest BCUT2D eigenvalue weighted by Gasteiger charge is -2.57. The molecule has 1 atom stereocenters. The maximum atomic E-state index is 3.58. The van der Waals surface area contributed by atoms with E-state index in [4.69, 9.17) is 0 Å². The van der Waals surface area contributed by atoms with Gasteiger partial charge in [-0.15, -0.1) is 0 Å². The van der Waals surface area contributed by atoms with Crippen LogP contribution < -0.4 is 5.32 Å². The molecular weight excluding hydrogens is 182 g/mol. The maximum Gasteiger partial charge on any atom is 0.00444 e. The lowest BCUT2D eigenvalue weighted by atomic mass is 9.49. The minimum Gasteiger partial charge on any atom is -0.314 e. The van der Waals surface area contributed by atoms with Crippen LogP contribution in [0.5, 0.6) is 0 Å². The van der Waals surface area contributed by atoms with Crippen LogP contribution in [0.3, 0.4) is 0 Å². The molecule has 1 fully saturated rings. The van der Waals surface area contributed by atoms with Gasteiger partial charge in [-0.2, -0.15) is 0 Å². The van der Waals surface area contributed by atoms with Gasteiger partial charge in [0.1, 0.15) is 0 Å². The summed E-state index contributed by atoms with van der Waals surface area (Å²) in [5.41, 5.74) is 1.24. The molecule has 1 unspecified atom stereocenters. The first-order valence-electron chi connectivity index (χ1n) is 6.33. The van der Waals surface area contributed by atoms with E-state index in [0.29, 0.717) is 22.3 Å². The van der Waals surface area contributed by atoms with Crippen molar-refractivity contribution in [3.8, 4) is 0 Å². The fraction of sp³-hybridized carbons (Fsp3) is 1.00. The summed E-state index contributed by atoms with van der Waals surface area (Å²) in [5.74, 6) is 0. The molecule has 1 saturated heterocycles. The van der Waals surface area contributed by atoms with Gasteiger partial charge in [-0.25, -0.2) is 0 Å². The van der Waals surface area contributed by atoms with E-state index in [0.717, 1.165) is 0 Å². The quantitative estimate of drug-likeness (QED) is 0.642. The topological polar surface area (TPSA) is 12.0 Å². The summed E-state index contributed by atoms with van der Waals surface area (Å²) in [4.78, 5) is 0. The van der Waals surface area contributed by atoms with E-state index in [1.807, 2.05) is 0 Å². The van der Waals surface area contributed by atoms with Gasteiger partial charge in [-0.3, -0.25) is 0 Å². The third kappa shape index (κ3) is 2.22. The van der Waals surface area contributed by atoms with Crippen LogP contribution in [0.15, 0.2) is 0 Å². The minimum atomic E-state index is 0.390. The van der Waals surface area contributed by atoms with Crippen LogP contribution >= 0.6 is 0 Å². The number of rotatable bonds is 0. The molecule has 0 amide bonds. The first-order valence-corrected chi connectivity index (χ1v) is 6.33. The molecule has 0 aromatic carbocycles. The highest BCUT2D eigenvalue weighted by atomic mass is 14.9. The van der Waals surface area contributed by atoms with E-state index in [1.165, 1.54) is 19.4 Å². The highest BCUT2D eigenvalue weighted by Gasteiger charge is 2.51. The Labute approximate surface area is 96.0 Å². The van der Waals surface area contributed by atoms with Crippen molar-refractivity contribution < 1.29 is 0 Å². The van der Waals surface area contributed by atoms with Crippen LogP contribution in [0.4, 0.5) is 0 Å². The summed E-state index contributed by atoms with van der Waals surface area (Å²) in [6.45, 7) is 18.0. The maximum absolute atomic E-state index is 3.58. The second kappa shape index (κ2) is 3.76. The molecule has 15 heavy (non-hydrogen) atoms. The SMILES string of the molecule is CC1CC(C(C)(C)C)(C(C)(C)C)CCN1. The minimum absolute atomic E-state index is 0.390. The van der Waals surface area contributed by atoms with E-state index in [2.05, 4.69) is 53.8 Å². The zero-order chi connectivity index (χ0) is 11.9. The van der Waals surface area contributed by atoms with Crippen LogP contribution in [0.25, 0.3) is 0 Å². The van der Waals surface area contributed by atoms with Crippen LogP contribution in [0, 0.1) is 16.2 Å². The monoisotopic (exact) mass is 211 g/mol. The molecule has 1 rings (SSSR count). The Balaban J connectivity index is 3.07. The van der Waals surface area contributed by atoms with E-state index < -0.39 is 0 Å². The second-order valence-corrected chi connectivity index (χ2v) is 7.39. The van der Waals surface area contributed by atoms with E-state index in [1.54, 1.807) is 0 Å². The Bertz CT molecular complexity index is 202. The van der Waals surface area contributed by atoms with Crippen LogP contribution in [-0.4, -0.2) is 12.6 Å². The molecule has 90 valence electrons. The van der Waals surface area contributed by atoms with Gasteiger partial charge in [-0.05, 0) is 42.6 Å². The average Bonchev–Trinajstić information content (AvgIpc) is 1.99. The highest BCUT2D eigenvalue weighted by Crippen LogP contribution is 2.57. The third-order valence-corrected chi connectivity index (χ3v) is 4.57. The number of nitrogens with one attached hydrogen (secondary N) is 1. The molecule has 0 radical (unpaired) electrons.